The zero-order valence-electron chi connectivity index (χ0n) is 8.69. The van der Waals surface area contributed by atoms with Gasteiger partial charge < -0.3 is 0 Å². The maximum Gasteiger partial charge on any atom is 0.439 e. The van der Waals surface area contributed by atoms with Crippen LogP contribution in [0, 0.1) is 0 Å². The minimum atomic E-state index is -3.83. The zero-order valence-corrected chi connectivity index (χ0v) is 9.69. The second-order valence-corrected chi connectivity index (χ2v) is 6.66. The number of hydrogen-bond acceptors (Lipinski definition) is 1. The highest BCUT2D eigenvalue weighted by atomic mass is 28.4. The van der Waals surface area contributed by atoms with Crippen molar-refractivity contribution in [3.8, 4) is 0 Å². The van der Waals surface area contributed by atoms with Gasteiger partial charge in [-0.2, -0.15) is 0 Å². The van der Waals surface area contributed by atoms with Gasteiger partial charge in [0.05, 0.1) is 6.17 Å². The molecule has 1 aliphatic heterocycles. The first-order valence-electron chi connectivity index (χ1n) is 5.10. The lowest BCUT2D eigenvalue weighted by Gasteiger charge is -2.27. The minimum Gasteiger partial charge on any atom is -0.296 e. The van der Waals surface area contributed by atoms with Gasteiger partial charge in [-0.3, -0.25) is 13.1 Å². The summed E-state index contributed by atoms with van der Waals surface area (Å²) in [6, 6.07) is 0.602. The van der Waals surface area contributed by atoms with Crippen molar-refractivity contribution >= 4 is 8.74 Å². The van der Waals surface area contributed by atoms with Gasteiger partial charge in [-0.15, -0.1) is 0 Å². The van der Waals surface area contributed by atoms with Crippen LogP contribution in [-0.2, 0) is 0 Å². The van der Waals surface area contributed by atoms with Gasteiger partial charge in [-0.25, -0.2) is 0 Å². The van der Waals surface area contributed by atoms with Crippen LogP contribution in [0.2, 0.25) is 6.04 Å². The number of rotatable bonds is 3. The molecule has 2 unspecified atom stereocenters. The Hall–Kier alpha value is 0.0369. The van der Waals surface area contributed by atoms with E-state index < -0.39 is 8.74 Å². The zero-order chi connectivity index (χ0) is 10.1. The van der Waals surface area contributed by atoms with Crippen LogP contribution in [0.3, 0.4) is 0 Å². The van der Waals surface area contributed by atoms with Crippen LogP contribution in [0.5, 0.6) is 0 Å². The summed E-state index contributed by atoms with van der Waals surface area (Å²) in [5.41, 5.74) is 0. The van der Waals surface area contributed by atoms with Crippen LogP contribution < -0.4 is 0 Å². The molecule has 1 nitrogen and oxygen atoms in total. The van der Waals surface area contributed by atoms with E-state index in [0.717, 1.165) is 12.8 Å². The Bertz CT molecular complexity index is 175. The van der Waals surface area contributed by atoms with E-state index >= 15 is 0 Å². The van der Waals surface area contributed by atoms with Crippen molar-refractivity contribution in [2.45, 2.75) is 51.7 Å². The summed E-state index contributed by atoms with van der Waals surface area (Å²) in [6.07, 6.45) is 2.21. The second-order valence-electron chi connectivity index (χ2n) is 4.22. The van der Waals surface area contributed by atoms with Crippen LogP contribution >= 0.6 is 0 Å². The molecule has 1 fully saturated rings. The molecule has 0 N–H and O–H groups in total. The molecule has 0 aromatic carbocycles. The molecule has 0 radical (unpaired) electrons. The molecule has 0 aliphatic carbocycles. The topological polar surface area (TPSA) is 3.24 Å². The van der Waals surface area contributed by atoms with Gasteiger partial charge in [0.25, 0.3) is 0 Å². The fourth-order valence-electron chi connectivity index (χ4n) is 2.21. The molecule has 0 bridgehead atoms. The second kappa shape index (κ2) is 4.05. The molecule has 4 heteroatoms. The lowest BCUT2D eigenvalue weighted by atomic mass is 10.1. The third-order valence-electron chi connectivity index (χ3n) is 2.85. The molecule has 78 valence electrons. The van der Waals surface area contributed by atoms with Crippen molar-refractivity contribution in [1.82, 2.24) is 4.90 Å². The molecule has 13 heavy (non-hydrogen) atoms. The van der Waals surface area contributed by atoms with Crippen molar-refractivity contribution in [3.05, 3.63) is 0 Å². The Morgan fingerprint density at radius 2 is 2.15 bits per heavy atom. The fourth-order valence-corrected chi connectivity index (χ4v) is 4.60. The van der Waals surface area contributed by atoms with Gasteiger partial charge in [-0.05, 0) is 20.3 Å². The van der Waals surface area contributed by atoms with Crippen molar-refractivity contribution < 1.29 is 8.22 Å². The Morgan fingerprint density at radius 3 is 2.54 bits per heavy atom. The summed E-state index contributed by atoms with van der Waals surface area (Å²) >= 11 is 0. The average molecular weight is 207 g/mol. The van der Waals surface area contributed by atoms with Gasteiger partial charge in [0.1, 0.15) is 0 Å². The molecular formula is C9H19F2NSi. The number of nitrogens with zero attached hydrogens (tertiary/aromatic N) is 1. The van der Waals surface area contributed by atoms with E-state index in [4.69, 9.17) is 0 Å². The fraction of sp³-hybridized carbons (Fsp3) is 1.00. The van der Waals surface area contributed by atoms with Crippen molar-refractivity contribution in [1.29, 1.82) is 0 Å². The van der Waals surface area contributed by atoms with Crippen molar-refractivity contribution in [2.24, 2.45) is 0 Å². The normalized spacial score (nSPS) is 30.7. The van der Waals surface area contributed by atoms with Crippen LogP contribution in [0.4, 0.5) is 8.22 Å². The molecule has 0 aromatic heterocycles. The molecule has 2 atom stereocenters. The van der Waals surface area contributed by atoms with Crippen LogP contribution in [0.15, 0.2) is 0 Å². The third-order valence-corrected chi connectivity index (χ3v) is 4.86. The quantitative estimate of drug-likeness (QED) is 0.508. The molecule has 0 spiro atoms. The van der Waals surface area contributed by atoms with Crippen LogP contribution in [-0.4, -0.2) is 31.9 Å². The Morgan fingerprint density at radius 1 is 1.54 bits per heavy atom. The first-order valence-corrected chi connectivity index (χ1v) is 7.27. The van der Waals surface area contributed by atoms with E-state index in [1.54, 1.807) is 0 Å². The highest BCUT2D eigenvalue weighted by Gasteiger charge is 2.48. The highest BCUT2D eigenvalue weighted by molar-refractivity contribution is 6.67. The molecule has 0 aromatic rings. The van der Waals surface area contributed by atoms with Crippen LogP contribution in [0.25, 0.3) is 0 Å². The first-order chi connectivity index (χ1) is 5.96. The molecule has 1 aliphatic rings. The summed E-state index contributed by atoms with van der Waals surface area (Å²) in [5, 5.41) is 0. The van der Waals surface area contributed by atoms with E-state index in [-0.39, 0.29) is 18.3 Å². The standard InChI is InChI=1S/C9H19F2NSi/c1-4-5-8(2)12-7-13(10,11)6-9(12)3/h8-9H,4-7H2,1-3H3. The summed E-state index contributed by atoms with van der Waals surface area (Å²) in [4.78, 5) is 2.00. The van der Waals surface area contributed by atoms with Crippen LogP contribution in [0.1, 0.15) is 33.6 Å². The summed E-state index contributed by atoms with van der Waals surface area (Å²) < 4.78 is 26.3. The van der Waals surface area contributed by atoms with E-state index in [1.165, 1.54) is 0 Å². The van der Waals surface area contributed by atoms with Gasteiger partial charge in [-0.1, -0.05) is 13.3 Å². The summed E-state index contributed by atoms with van der Waals surface area (Å²) in [5.74, 6) is 0. The predicted octanol–water partition coefficient (Wildman–Crippen LogP) is 2.80. The van der Waals surface area contributed by atoms with Crippen molar-refractivity contribution in [3.63, 3.8) is 0 Å². The van der Waals surface area contributed by atoms with E-state index in [1.807, 2.05) is 11.8 Å². The molecule has 1 heterocycles. The molecular weight excluding hydrogens is 188 g/mol. The monoisotopic (exact) mass is 207 g/mol. The molecule has 1 saturated heterocycles. The highest BCUT2D eigenvalue weighted by Crippen LogP contribution is 2.30. The Balaban J connectivity index is 2.52. The minimum absolute atomic E-state index is 0.0926. The van der Waals surface area contributed by atoms with Gasteiger partial charge in [0, 0.05) is 18.1 Å². The maximum absolute atomic E-state index is 13.1. The van der Waals surface area contributed by atoms with E-state index in [9.17, 15) is 8.22 Å². The average Bonchev–Trinajstić information content (AvgIpc) is 2.25. The number of hydrogen-bond donors (Lipinski definition) is 0. The smallest absolute Gasteiger partial charge is 0.296 e. The largest absolute Gasteiger partial charge is 0.439 e. The summed E-state index contributed by atoms with van der Waals surface area (Å²) in [7, 11) is -3.83. The predicted molar refractivity (Wildman–Crippen MR) is 53.3 cm³/mol. The third kappa shape index (κ3) is 2.74. The first kappa shape index (κ1) is 11.1. The summed E-state index contributed by atoms with van der Waals surface area (Å²) in [6.45, 7) is 6.10. The molecule has 0 saturated carbocycles. The van der Waals surface area contributed by atoms with Crippen molar-refractivity contribution in [2.75, 3.05) is 6.17 Å². The Kier molecular flexibility index (Phi) is 3.46. The van der Waals surface area contributed by atoms with Gasteiger partial charge in [0.2, 0.25) is 0 Å². The van der Waals surface area contributed by atoms with Gasteiger partial charge in [0.15, 0.2) is 0 Å². The van der Waals surface area contributed by atoms with E-state index in [0.29, 0.717) is 6.04 Å². The lowest BCUT2D eigenvalue weighted by Crippen LogP contribution is -2.38. The maximum atomic E-state index is 13.1. The van der Waals surface area contributed by atoms with Gasteiger partial charge >= 0.3 is 8.74 Å². The molecule has 1 rings (SSSR count). The number of halogens is 2. The Labute approximate surface area is 80.5 Å². The molecule has 0 amide bonds. The lowest BCUT2D eigenvalue weighted by molar-refractivity contribution is 0.199. The van der Waals surface area contributed by atoms with E-state index in [2.05, 4.69) is 13.8 Å². The SMILES string of the molecule is CCCC(C)N1C[Si](F)(F)CC1C.